The molecule has 1 fully saturated rings. The molecule has 0 aliphatic carbocycles. The summed E-state index contributed by atoms with van der Waals surface area (Å²) in [6.07, 6.45) is 1.76. The summed E-state index contributed by atoms with van der Waals surface area (Å²) in [5.74, 6) is 0.633. The van der Waals surface area contributed by atoms with Gasteiger partial charge in [-0.2, -0.15) is 5.10 Å². The Bertz CT molecular complexity index is 285. The lowest BCUT2D eigenvalue weighted by Gasteiger charge is -2.34. The Morgan fingerprint density at radius 2 is 2.62 bits per heavy atom. The number of hydrogen-bond donors (Lipinski definition) is 2. The first-order chi connectivity index (χ1) is 6.29. The van der Waals surface area contributed by atoms with Gasteiger partial charge in [0, 0.05) is 12.6 Å². The molecule has 2 rings (SSSR count). The third kappa shape index (κ3) is 1.47. The Labute approximate surface area is 76.9 Å². The van der Waals surface area contributed by atoms with E-state index in [0.717, 1.165) is 25.4 Å². The van der Waals surface area contributed by atoms with Gasteiger partial charge >= 0.3 is 0 Å². The van der Waals surface area contributed by atoms with E-state index in [4.69, 9.17) is 10.5 Å². The molecule has 72 valence electrons. The molecule has 1 aliphatic rings. The van der Waals surface area contributed by atoms with Gasteiger partial charge in [-0.25, -0.2) is 0 Å². The molecule has 3 N–H and O–H groups in total. The van der Waals surface area contributed by atoms with E-state index in [-0.39, 0.29) is 0 Å². The van der Waals surface area contributed by atoms with Crippen molar-refractivity contribution in [1.82, 2.24) is 10.2 Å². The summed E-state index contributed by atoms with van der Waals surface area (Å²) in [7, 11) is 0. The lowest BCUT2D eigenvalue weighted by Crippen LogP contribution is -2.43. The number of rotatable bonds is 1. The summed E-state index contributed by atoms with van der Waals surface area (Å²) >= 11 is 0. The van der Waals surface area contributed by atoms with Crippen LogP contribution in [0.15, 0.2) is 6.20 Å². The fraction of sp³-hybridized carbons (Fsp3) is 0.625. The molecule has 13 heavy (non-hydrogen) atoms. The minimum atomic E-state index is 0.369. The molecular formula is C8H14N4O. The zero-order valence-corrected chi connectivity index (χ0v) is 7.66. The number of H-pyrrole nitrogens is 1. The van der Waals surface area contributed by atoms with Gasteiger partial charge in [-0.1, -0.05) is 0 Å². The lowest BCUT2D eigenvalue weighted by atomic mass is 10.2. The van der Waals surface area contributed by atoms with Crippen LogP contribution in [0.25, 0.3) is 0 Å². The number of hydrogen-bond acceptors (Lipinski definition) is 4. The predicted molar refractivity (Wildman–Crippen MR) is 50.6 cm³/mol. The van der Waals surface area contributed by atoms with Gasteiger partial charge in [0.05, 0.1) is 25.1 Å². The highest BCUT2D eigenvalue weighted by atomic mass is 16.5. The maximum absolute atomic E-state index is 5.73. The second-order valence-electron chi connectivity index (χ2n) is 3.29. The molecule has 1 aliphatic heterocycles. The standard InChI is InChI=1S/C8H14N4O/c1-6-5-13-3-2-12(6)7-4-10-11-8(7)9/h4,6H,2-3,5H2,1H3,(H3,9,10,11). The maximum Gasteiger partial charge on any atom is 0.142 e. The Kier molecular flexibility index (Phi) is 2.10. The number of nitrogens with one attached hydrogen (secondary N) is 1. The number of nitrogens with zero attached hydrogens (tertiary/aromatic N) is 2. The zero-order chi connectivity index (χ0) is 9.26. The van der Waals surface area contributed by atoms with Crippen LogP contribution in [0, 0.1) is 0 Å². The molecule has 1 unspecified atom stereocenters. The first kappa shape index (κ1) is 8.37. The van der Waals surface area contributed by atoms with Gasteiger partial charge in [0.15, 0.2) is 0 Å². The minimum Gasteiger partial charge on any atom is -0.382 e. The van der Waals surface area contributed by atoms with Gasteiger partial charge in [0.1, 0.15) is 5.82 Å². The van der Waals surface area contributed by atoms with Crippen LogP contribution in [0.3, 0.4) is 0 Å². The Hall–Kier alpha value is -1.23. The average Bonchev–Trinajstić information content (AvgIpc) is 2.52. The van der Waals surface area contributed by atoms with E-state index < -0.39 is 0 Å². The smallest absolute Gasteiger partial charge is 0.142 e. The molecule has 0 aromatic carbocycles. The highest BCUT2D eigenvalue weighted by molar-refractivity contribution is 5.62. The molecule has 0 bridgehead atoms. The number of morpholine rings is 1. The van der Waals surface area contributed by atoms with Crippen molar-refractivity contribution in [2.75, 3.05) is 30.4 Å². The van der Waals surface area contributed by atoms with E-state index in [0.29, 0.717) is 11.9 Å². The molecule has 0 saturated carbocycles. The summed E-state index contributed by atoms with van der Waals surface area (Å²) in [6.45, 7) is 4.51. The normalized spacial score (nSPS) is 23.5. The molecular weight excluding hydrogens is 168 g/mol. The van der Waals surface area contributed by atoms with Crippen molar-refractivity contribution in [3.63, 3.8) is 0 Å². The van der Waals surface area contributed by atoms with E-state index in [1.54, 1.807) is 6.20 Å². The number of nitrogens with two attached hydrogens (primary N) is 1. The first-order valence-electron chi connectivity index (χ1n) is 4.42. The van der Waals surface area contributed by atoms with Gasteiger partial charge in [-0.05, 0) is 6.92 Å². The fourth-order valence-electron chi connectivity index (χ4n) is 1.60. The third-order valence-corrected chi connectivity index (χ3v) is 2.32. The second-order valence-corrected chi connectivity index (χ2v) is 3.29. The van der Waals surface area contributed by atoms with Crippen molar-refractivity contribution >= 4 is 11.5 Å². The summed E-state index contributed by atoms with van der Waals surface area (Å²) in [5.41, 5.74) is 6.72. The molecule has 1 atom stereocenters. The minimum absolute atomic E-state index is 0.369. The molecule has 1 aromatic rings. The van der Waals surface area contributed by atoms with Crippen molar-refractivity contribution < 1.29 is 4.74 Å². The van der Waals surface area contributed by atoms with Gasteiger partial charge in [-0.3, -0.25) is 5.10 Å². The maximum atomic E-state index is 5.73. The zero-order valence-electron chi connectivity index (χ0n) is 7.66. The SMILES string of the molecule is CC1COCCN1c1cn[nH]c1N. The van der Waals surface area contributed by atoms with E-state index in [1.807, 2.05) is 0 Å². The van der Waals surface area contributed by atoms with Crippen molar-refractivity contribution in [2.24, 2.45) is 0 Å². The van der Waals surface area contributed by atoms with E-state index in [2.05, 4.69) is 22.0 Å². The van der Waals surface area contributed by atoms with E-state index in [9.17, 15) is 0 Å². The summed E-state index contributed by atoms with van der Waals surface area (Å²) in [4.78, 5) is 2.21. The Morgan fingerprint density at radius 3 is 3.23 bits per heavy atom. The lowest BCUT2D eigenvalue weighted by molar-refractivity contribution is 0.0990. The van der Waals surface area contributed by atoms with Gasteiger partial charge in [-0.15, -0.1) is 0 Å². The van der Waals surface area contributed by atoms with E-state index in [1.165, 1.54) is 0 Å². The summed E-state index contributed by atoms with van der Waals surface area (Å²) in [6, 6.07) is 0.369. The first-order valence-corrected chi connectivity index (χ1v) is 4.42. The molecule has 0 amide bonds. The van der Waals surface area contributed by atoms with Gasteiger partial charge < -0.3 is 15.4 Å². The Morgan fingerprint density at radius 1 is 1.77 bits per heavy atom. The number of aromatic amines is 1. The van der Waals surface area contributed by atoms with Crippen LogP contribution in [-0.2, 0) is 4.74 Å². The van der Waals surface area contributed by atoms with Crippen molar-refractivity contribution in [3.8, 4) is 0 Å². The highest BCUT2D eigenvalue weighted by Crippen LogP contribution is 2.23. The summed E-state index contributed by atoms with van der Waals surface area (Å²) < 4.78 is 5.34. The van der Waals surface area contributed by atoms with Crippen LogP contribution in [-0.4, -0.2) is 36.0 Å². The van der Waals surface area contributed by atoms with Gasteiger partial charge in [0.25, 0.3) is 0 Å². The van der Waals surface area contributed by atoms with Crippen LogP contribution in [0.5, 0.6) is 0 Å². The van der Waals surface area contributed by atoms with Crippen molar-refractivity contribution in [3.05, 3.63) is 6.20 Å². The second kappa shape index (κ2) is 3.26. The van der Waals surface area contributed by atoms with Crippen molar-refractivity contribution in [2.45, 2.75) is 13.0 Å². The van der Waals surface area contributed by atoms with Crippen LogP contribution >= 0.6 is 0 Å². The van der Waals surface area contributed by atoms with Crippen LogP contribution in [0.4, 0.5) is 11.5 Å². The average molecular weight is 182 g/mol. The molecule has 2 heterocycles. The quantitative estimate of drug-likeness (QED) is 0.652. The van der Waals surface area contributed by atoms with Crippen LogP contribution in [0.1, 0.15) is 6.92 Å². The van der Waals surface area contributed by atoms with E-state index >= 15 is 0 Å². The molecule has 5 nitrogen and oxygen atoms in total. The fourth-order valence-corrected chi connectivity index (χ4v) is 1.60. The number of ether oxygens (including phenoxy) is 1. The number of aromatic nitrogens is 2. The summed E-state index contributed by atoms with van der Waals surface area (Å²) in [5, 5.41) is 6.63. The number of nitrogen functional groups attached to an aromatic ring is 1. The molecule has 1 saturated heterocycles. The largest absolute Gasteiger partial charge is 0.382 e. The van der Waals surface area contributed by atoms with Crippen LogP contribution in [0.2, 0.25) is 0 Å². The third-order valence-electron chi connectivity index (χ3n) is 2.32. The molecule has 5 heteroatoms. The van der Waals surface area contributed by atoms with Gasteiger partial charge in [0.2, 0.25) is 0 Å². The monoisotopic (exact) mass is 182 g/mol. The number of anilines is 2. The molecule has 0 spiro atoms. The van der Waals surface area contributed by atoms with Crippen molar-refractivity contribution in [1.29, 1.82) is 0 Å². The topological polar surface area (TPSA) is 67.2 Å². The molecule has 0 radical (unpaired) electrons. The van der Waals surface area contributed by atoms with Crippen LogP contribution < -0.4 is 10.6 Å². The highest BCUT2D eigenvalue weighted by Gasteiger charge is 2.21. The molecule has 1 aromatic heterocycles. The predicted octanol–water partition coefficient (Wildman–Crippen LogP) is 0.217. The Balaban J connectivity index is 2.19.